The van der Waals surface area contributed by atoms with Gasteiger partial charge in [-0.1, -0.05) is 6.07 Å². The Balaban J connectivity index is 1.32. The van der Waals surface area contributed by atoms with Crippen LogP contribution in [0.1, 0.15) is 23.4 Å². The number of nitrogens with one attached hydrogen (secondary N) is 1. The Kier molecular flexibility index (Phi) is 4.85. The normalized spacial score (nSPS) is 15.2. The van der Waals surface area contributed by atoms with Crippen LogP contribution in [-0.2, 0) is 4.79 Å². The number of carbonyl (C=O) groups excluding carboxylic acids is 2. The molecule has 8 heteroatoms. The number of piperidine rings is 1. The number of carbonyl (C=O) groups is 2. The first kappa shape index (κ1) is 17.0. The Morgan fingerprint density at radius 2 is 2.04 bits per heavy atom. The van der Waals surface area contributed by atoms with Gasteiger partial charge in [0.05, 0.1) is 16.8 Å². The van der Waals surface area contributed by atoms with Gasteiger partial charge in [0.1, 0.15) is 0 Å². The van der Waals surface area contributed by atoms with E-state index in [1.165, 1.54) is 17.6 Å². The molecule has 0 unspecified atom stereocenters. The van der Waals surface area contributed by atoms with Crippen molar-refractivity contribution in [2.24, 2.45) is 5.92 Å². The van der Waals surface area contributed by atoms with Crippen LogP contribution in [0.4, 0.5) is 5.13 Å². The number of anilines is 1. The molecule has 0 atom stereocenters. The molecule has 0 radical (unpaired) electrons. The molecule has 2 amide bonds. The lowest BCUT2D eigenvalue weighted by Gasteiger charge is -2.30. The molecule has 4 heterocycles. The second-order valence-corrected chi connectivity index (χ2v) is 7.85. The number of hydrogen-bond donors (Lipinski definition) is 1. The van der Waals surface area contributed by atoms with Crippen molar-refractivity contribution in [1.29, 1.82) is 0 Å². The summed E-state index contributed by atoms with van der Waals surface area (Å²) in [5.41, 5.74) is 0.888. The molecular weight excluding hydrogens is 370 g/mol. The second kappa shape index (κ2) is 7.43. The van der Waals surface area contributed by atoms with Crippen LogP contribution in [0.15, 0.2) is 45.7 Å². The minimum absolute atomic E-state index is 0.0258. The van der Waals surface area contributed by atoms with E-state index in [4.69, 9.17) is 4.42 Å². The molecule has 0 spiro atoms. The Bertz CT molecular complexity index is 879. The highest BCUT2D eigenvalue weighted by atomic mass is 32.1. The topological polar surface area (TPSA) is 75.4 Å². The number of nitrogens with zero attached hydrogens (tertiary/aromatic N) is 2. The van der Waals surface area contributed by atoms with Gasteiger partial charge in [-0.05, 0) is 36.4 Å². The number of likely N-dealkylation sites (tertiary alicyclic amines) is 1. The number of thiophene rings is 1. The molecular formula is C18H17N3O3S2. The van der Waals surface area contributed by atoms with Gasteiger partial charge in [-0.2, -0.15) is 0 Å². The van der Waals surface area contributed by atoms with E-state index in [0.717, 1.165) is 10.6 Å². The highest BCUT2D eigenvalue weighted by Gasteiger charge is 2.29. The van der Waals surface area contributed by atoms with Crippen LogP contribution in [0.3, 0.4) is 0 Å². The maximum atomic E-state index is 12.5. The van der Waals surface area contributed by atoms with Crippen LogP contribution in [0.2, 0.25) is 0 Å². The van der Waals surface area contributed by atoms with Gasteiger partial charge >= 0.3 is 0 Å². The van der Waals surface area contributed by atoms with E-state index in [1.807, 2.05) is 22.9 Å². The van der Waals surface area contributed by atoms with Crippen LogP contribution in [0, 0.1) is 5.92 Å². The van der Waals surface area contributed by atoms with Gasteiger partial charge in [0.2, 0.25) is 5.91 Å². The standard InChI is InChI=1S/C18H17N3O3S2/c22-16(20-18-19-13(11-26-18)15-4-2-10-25-15)12-5-7-21(8-6-12)17(23)14-3-1-9-24-14/h1-4,9-12H,5-8H2,(H,19,20,22). The largest absolute Gasteiger partial charge is 0.459 e. The number of rotatable bonds is 4. The fraction of sp³-hybridized carbons (Fsp3) is 0.278. The highest BCUT2D eigenvalue weighted by Crippen LogP contribution is 2.29. The predicted octanol–water partition coefficient (Wildman–Crippen LogP) is 3.96. The van der Waals surface area contributed by atoms with Gasteiger partial charge in [0, 0.05) is 24.4 Å². The van der Waals surface area contributed by atoms with Crippen molar-refractivity contribution >= 4 is 39.6 Å². The lowest BCUT2D eigenvalue weighted by atomic mass is 9.96. The Morgan fingerprint density at radius 1 is 1.19 bits per heavy atom. The number of aromatic nitrogens is 1. The van der Waals surface area contributed by atoms with Gasteiger partial charge in [-0.15, -0.1) is 22.7 Å². The quantitative estimate of drug-likeness (QED) is 0.735. The molecule has 0 bridgehead atoms. The van der Waals surface area contributed by atoms with Crippen LogP contribution in [-0.4, -0.2) is 34.8 Å². The maximum Gasteiger partial charge on any atom is 0.289 e. The van der Waals surface area contributed by atoms with Crippen LogP contribution in [0.5, 0.6) is 0 Å². The first-order valence-electron chi connectivity index (χ1n) is 8.34. The highest BCUT2D eigenvalue weighted by molar-refractivity contribution is 7.16. The van der Waals surface area contributed by atoms with Gasteiger partial charge in [0.25, 0.3) is 5.91 Å². The van der Waals surface area contributed by atoms with Gasteiger partial charge in [-0.25, -0.2) is 4.98 Å². The average Bonchev–Trinajstić information content (AvgIpc) is 3.42. The fourth-order valence-corrected chi connectivity index (χ4v) is 4.45. The Hall–Kier alpha value is -2.45. The van der Waals surface area contributed by atoms with E-state index in [-0.39, 0.29) is 17.7 Å². The van der Waals surface area contributed by atoms with Crippen molar-refractivity contribution in [2.45, 2.75) is 12.8 Å². The molecule has 1 aliphatic rings. The van der Waals surface area contributed by atoms with Crippen LogP contribution >= 0.6 is 22.7 Å². The summed E-state index contributed by atoms with van der Waals surface area (Å²) >= 11 is 3.05. The van der Waals surface area contributed by atoms with Crippen molar-refractivity contribution < 1.29 is 14.0 Å². The molecule has 6 nitrogen and oxygen atoms in total. The van der Waals surface area contributed by atoms with Crippen molar-refractivity contribution in [1.82, 2.24) is 9.88 Å². The van der Waals surface area contributed by atoms with Crippen LogP contribution in [0.25, 0.3) is 10.6 Å². The third kappa shape index (κ3) is 3.56. The molecule has 1 fully saturated rings. The lowest BCUT2D eigenvalue weighted by molar-refractivity contribution is -0.121. The average molecular weight is 387 g/mol. The zero-order valence-corrected chi connectivity index (χ0v) is 15.5. The molecule has 1 aliphatic heterocycles. The van der Waals surface area contributed by atoms with E-state index in [0.29, 0.717) is 36.8 Å². The van der Waals surface area contributed by atoms with Crippen molar-refractivity contribution in [3.05, 3.63) is 47.0 Å². The molecule has 4 rings (SSSR count). The summed E-state index contributed by atoms with van der Waals surface area (Å²) < 4.78 is 5.16. The minimum Gasteiger partial charge on any atom is -0.459 e. The molecule has 1 saturated heterocycles. The molecule has 0 aliphatic carbocycles. The third-order valence-electron chi connectivity index (χ3n) is 4.39. The van der Waals surface area contributed by atoms with Gasteiger partial charge in [0.15, 0.2) is 10.9 Å². The fourth-order valence-electron chi connectivity index (χ4n) is 2.98. The van der Waals surface area contributed by atoms with E-state index < -0.39 is 0 Å². The van der Waals surface area contributed by atoms with Crippen LogP contribution < -0.4 is 5.32 Å². The monoisotopic (exact) mass is 387 g/mol. The number of furan rings is 1. The van der Waals surface area contributed by atoms with E-state index in [9.17, 15) is 9.59 Å². The number of amides is 2. The van der Waals surface area contributed by atoms with Gasteiger partial charge < -0.3 is 14.6 Å². The lowest BCUT2D eigenvalue weighted by Crippen LogP contribution is -2.41. The zero-order valence-electron chi connectivity index (χ0n) is 13.9. The molecule has 3 aromatic heterocycles. The third-order valence-corrected chi connectivity index (χ3v) is 6.04. The van der Waals surface area contributed by atoms with E-state index in [2.05, 4.69) is 10.3 Å². The van der Waals surface area contributed by atoms with Crippen molar-refractivity contribution in [3.8, 4) is 10.6 Å². The first-order valence-corrected chi connectivity index (χ1v) is 10.1. The molecule has 26 heavy (non-hydrogen) atoms. The number of hydrogen-bond acceptors (Lipinski definition) is 6. The van der Waals surface area contributed by atoms with Crippen molar-refractivity contribution in [3.63, 3.8) is 0 Å². The summed E-state index contributed by atoms with van der Waals surface area (Å²) in [6.07, 6.45) is 2.77. The Labute approximate surface area is 158 Å². The second-order valence-electron chi connectivity index (χ2n) is 6.05. The molecule has 0 saturated carbocycles. The first-order chi connectivity index (χ1) is 12.7. The minimum atomic E-state index is -0.116. The van der Waals surface area contributed by atoms with E-state index in [1.54, 1.807) is 28.4 Å². The zero-order chi connectivity index (χ0) is 17.9. The predicted molar refractivity (Wildman–Crippen MR) is 101 cm³/mol. The summed E-state index contributed by atoms with van der Waals surface area (Å²) in [4.78, 5) is 32.1. The molecule has 134 valence electrons. The summed E-state index contributed by atoms with van der Waals surface area (Å²) in [6.45, 7) is 1.10. The van der Waals surface area contributed by atoms with E-state index >= 15 is 0 Å². The molecule has 1 N–H and O–H groups in total. The Morgan fingerprint density at radius 3 is 2.73 bits per heavy atom. The van der Waals surface area contributed by atoms with Crippen molar-refractivity contribution in [2.75, 3.05) is 18.4 Å². The molecule has 3 aromatic rings. The SMILES string of the molecule is O=C(Nc1nc(-c2cccs2)cs1)C1CCN(C(=O)c2ccco2)CC1. The summed E-state index contributed by atoms with van der Waals surface area (Å²) in [5, 5.41) is 7.49. The maximum absolute atomic E-state index is 12.5. The molecule has 0 aromatic carbocycles. The number of thiazole rings is 1. The summed E-state index contributed by atoms with van der Waals surface area (Å²) in [5.74, 6) is 0.0954. The van der Waals surface area contributed by atoms with Gasteiger partial charge in [-0.3, -0.25) is 9.59 Å². The smallest absolute Gasteiger partial charge is 0.289 e. The summed E-state index contributed by atoms with van der Waals surface area (Å²) in [7, 11) is 0. The summed E-state index contributed by atoms with van der Waals surface area (Å²) in [6, 6.07) is 7.35.